The molecule has 126 valence electrons. The van der Waals surface area contributed by atoms with Crippen molar-refractivity contribution in [2.75, 3.05) is 0 Å². The van der Waals surface area contributed by atoms with E-state index in [1.54, 1.807) is 36.4 Å². The molecule has 0 atom stereocenters. The van der Waals surface area contributed by atoms with Crippen LogP contribution in [0.5, 0.6) is 11.7 Å². The van der Waals surface area contributed by atoms with E-state index in [-0.39, 0.29) is 28.2 Å². The molecule has 0 spiro atoms. The number of carbonyl (C=O) groups excluding carboxylic acids is 2. The summed E-state index contributed by atoms with van der Waals surface area (Å²) in [4.78, 5) is 35.8. The summed E-state index contributed by atoms with van der Waals surface area (Å²) >= 11 is 0. The van der Waals surface area contributed by atoms with Crippen LogP contribution in [0, 0.1) is 0 Å². The van der Waals surface area contributed by atoms with Gasteiger partial charge in [-0.05, 0) is 17.7 Å². The van der Waals surface area contributed by atoms with Crippen molar-refractivity contribution in [3.63, 3.8) is 0 Å². The zero-order valence-corrected chi connectivity index (χ0v) is 13.6. The first-order chi connectivity index (χ1) is 12.0. The quantitative estimate of drug-likeness (QED) is 0.538. The summed E-state index contributed by atoms with van der Waals surface area (Å²) in [7, 11) is 0. The molecule has 3 aromatic rings. The van der Waals surface area contributed by atoms with Crippen LogP contribution in [0.2, 0.25) is 0 Å². The second-order valence-corrected chi connectivity index (χ2v) is 5.28. The predicted octanol–water partition coefficient (Wildman–Crippen LogP) is 3.31. The molecule has 0 radical (unpaired) electrons. The number of carbonyl (C=O) groups is 2. The molecule has 2 aromatic carbocycles. The van der Waals surface area contributed by atoms with Crippen LogP contribution in [0.3, 0.4) is 0 Å². The molecule has 6 nitrogen and oxygen atoms in total. The third kappa shape index (κ3) is 3.28. The van der Waals surface area contributed by atoms with Gasteiger partial charge in [0.2, 0.25) is 5.43 Å². The van der Waals surface area contributed by atoms with Crippen molar-refractivity contribution >= 4 is 22.9 Å². The van der Waals surface area contributed by atoms with Gasteiger partial charge in [-0.3, -0.25) is 14.4 Å². The Hall–Kier alpha value is -3.41. The summed E-state index contributed by atoms with van der Waals surface area (Å²) in [6, 6.07) is 13.3. The van der Waals surface area contributed by atoms with Crippen LogP contribution in [0.25, 0.3) is 22.1 Å². The second-order valence-electron chi connectivity index (χ2n) is 5.28. The Kier molecular flexibility index (Phi) is 4.35. The van der Waals surface area contributed by atoms with Crippen LogP contribution in [-0.2, 0) is 9.59 Å². The average molecular weight is 338 g/mol. The van der Waals surface area contributed by atoms with E-state index in [0.29, 0.717) is 5.56 Å². The molecule has 0 aliphatic carbocycles. The van der Waals surface area contributed by atoms with E-state index in [0.717, 1.165) is 0 Å². The van der Waals surface area contributed by atoms with Gasteiger partial charge in [0.05, 0.1) is 0 Å². The molecule has 0 aliphatic heterocycles. The minimum Gasteiger partial charge on any atom is -0.426 e. The van der Waals surface area contributed by atoms with Crippen molar-refractivity contribution in [2.24, 2.45) is 0 Å². The van der Waals surface area contributed by atoms with Gasteiger partial charge in [0.1, 0.15) is 22.3 Å². The summed E-state index contributed by atoms with van der Waals surface area (Å²) in [5.74, 6) is -1.28. The number of hydrogen-bond acceptors (Lipinski definition) is 6. The molecule has 1 aromatic heterocycles. The lowest BCUT2D eigenvalue weighted by molar-refractivity contribution is -0.133. The molecular formula is C19H14O6. The third-order valence-corrected chi connectivity index (χ3v) is 3.40. The fourth-order valence-corrected chi connectivity index (χ4v) is 2.48. The van der Waals surface area contributed by atoms with Gasteiger partial charge in [-0.15, -0.1) is 0 Å². The highest BCUT2D eigenvalue weighted by Crippen LogP contribution is 2.33. The predicted molar refractivity (Wildman–Crippen MR) is 90.5 cm³/mol. The van der Waals surface area contributed by atoms with E-state index in [4.69, 9.17) is 13.9 Å². The van der Waals surface area contributed by atoms with Crippen molar-refractivity contribution in [3.05, 3.63) is 58.8 Å². The summed E-state index contributed by atoms with van der Waals surface area (Å²) in [6.07, 6.45) is 0. The lowest BCUT2D eigenvalue weighted by atomic mass is 10.0. The number of hydrogen-bond donors (Lipinski definition) is 0. The van der Waals surface area contributed by atoms with Gasteiger partial charge in [-0.2, -0.15) is 0 Å². The molecule has 0 saturated carbocycles. The topological polar surface area (TPSA) is 82.8 Å². The first-order valence-electron chi connectivity index (χ1n) is 7.49. The summed E-state index contributed by atoms with van der Waals surface area (Å²) in [6.45, 7) is 2.46. The fraction of sp³-hybridized carbons (Fsp3) is 0.105. The monoisotopic (exact) mass is 338 g/mol. The van der Waals surface area contributed by atoms with Crippen LogP contribution in [-0.4, -0.2) is 11.9 Å². The number of benzene rings is 2. The standard InChI is InChI=1S/C19H14O6/c1-11(20)23-14-9-6-10-15-17(14)18(22)16(13-7-4-3-5-8-13)19(25-15)24-12(2)21/h3-10H,1-2H3. The molecule has 0 bridgehead atoms. The maximum atomic E-state index is 13.1. The smallest absolute Gasteiger partial charge is 0.310 e. The molecule has 1 heterocycles. The molecule has 0 fully saturated rings. The maximum Gasteiger partial charge on any atom is 0.310 e. The zero-order valence-electron chi connectivity index (χ0n) is 13.6. The summed E-state index contributed by atoms with van der Waals surface area (Å²) < 4.78 is 15.8. The summed E-state index contributed by atoms with van der Waals surface area (Å²) in [5.41, 5.74) is 0.301. The first-order valence-corrected chi connectivity index (χ1v) is 7.49. The van der Waals surface area contributed by atoms with Crippen molar-refractivity contribution in [1.29, 1.82) is 0 Å². The Morgan fingerprint density at radius 2 is 1.56 bits per heavy atom. The van der Waals surface area contributed by atoms with E-state index in [2.05, 4.69) is 0 Å². The Morgan fingerprint density at radius 1 is 0.880 bits per heavy atom. The Morgan fingerprint density at radius 3 is 2.20 bits per heavy atom. The Bertz CT molecular complexity index is 1020. The highest BCUT2D eigenvalue weighted by Gasteiger charge is 2.21. The van der Waals surface area contributed by atoms with Gasteiger partial charge in [0.15, 0.2) is 0 Å². The van der Waals surface area contributed by atoms with Crippen molar-refractivity contribution in [3.8, 4) is 22.8 Å². The minimum atomic E-state index is -0.615. The molecule has 25 heavy (non-hydrogen) atoms. The van der Waals surface area contributed by atoms with E-state index < -0.39 is 17.4 Å². The SMILES string of the molecule is CC(=O)Oc1oc2cccc(OC(C)=O)c2c(=O)c1-c1ccccc1. The van der Waals surface area contributed by atoms with Gasteiger partial charge >= 0.3 is 17.9 Å². The van der Waals surface area contributed by atoms with E-state index in [1.165, 1.54) is 26.0 Å². The molecule has 0 unspecified atom stereocenters. The van der Waals surface area contributed by atoms with E-state index in [1.807, 2.05) is 0 Å². The molecule has 0 amide bonds. The van der Waals surface area contributed by atoms with Crippen LogP contribution in [0.4, 0.5) is 0 Å². The van der Waals surface area contributed by atoms with Crippen molar-refractivity contribution in [2.45, 2.75) is 13.8 Å². The van der Waals surface area contributed by atoms with Crippen molar-refractivity contribution < 1.29 is 23.5 Å². The normalized spacial score (nSPS) is 10.5. The number of esters is 2. The van der Waals surface area contributed by atoms with Gasteiger partial charge in [0, 0.05) is 13.8 Å². The van der Waals surface area contributed by atoms with Crippen LogP contribution < -0.4 is 14.9 Å². The largest absolute Gasteiger partial charge is 0.426 e. The fourth-order valence-electron chi connectivity index (χ4n) is 2.48. The lowest BCUT2D eigenvalue weighted by Crippen LogP contribution is -2.13. The zero-order chi connectivity index (χ0) is 18.0. The molecule has 3 rings (SSSR count). The van der Waals surface area contributed by atoms with Crippen LogP contribution >= 0.6 is 0 Å². The number of ether oxygens (including phenoxy) is 2. The van der Waals surface area contributed by atoms with Gasteiger partial charge in [-0.1, -0.05) is 36.4 Å². The average Bonchev–Trinajstić information content (AvgIpc) is 2.54. The summed E-state index contributed by atoms with van der Waals surface area (Å²) in [5, 5.41) is 0.104. The lowest BCUT2D eigenvalue weighted by Gasteiger charge is -2.11. The van der Waals surface area contributed by atoms with Gasteiger partial charge < -0.3 is 13.9 Å². The second kappa shape index (κ2) is 6.60. The first kappa shape index (κ1) is 16.4. The molecule has 0 saturated heterocycles. The Balaban J connectivity index is 2.38. The van der Waals surface area contributed by atoms with E-state index in [9.17, 15) is 14.4 Å². The minimum absolute atomic E-state index is 0.0860. The van der Waals surface area contributed by atoms with Crippen LogP contribution in [0.15, 0.2) is 57.7 Å². The van der Waals surface area contributed by atoms with Crippen molar-refractivity contribution in [1.82, 2.24) is 0 Å². The number of rotatable bonds is 3. The third-order valence-electron chi connectivity index (χ3n) is 3.40. The number of fused-ring (bicyclic) bond motifs is 1. The highest BCUT2D eigenvalue weighted by atomic mass is 16.6. The van der Waals surface area contributed by atoms with Gasteiger partial charge in [-0.25, -0.2) is 0 Å². The molecular weight excluding hydrogens is 324 g/mol. The maximum absolute atomic E-state index is 13.1. The van der Waals surface area contributed by atoms with E-state index >= 15 is 0 Å². The Labute approximate surface area is 142 Å². The molecule has 0 aliphatic rings. The molecule has 0 N–H and O–H groups in total. The highest BCUT2D eigenvalue weighted by molar-refractivity contribution is 5.91. The van der Waals surface area contributed by atoms with Gasteiger partial charge in [0.25, 0.3) is 0 Å². The molecule has 6 heteroatoms. The van der Waals surface area contributed by atoms with Crippen LogP contribution in [0.1, 0.15) is 13.8 Å².